The average molecular weight is 476 g/mol. The number of ether oxygens (including phenoxy) is 7. The van der Waals surface area contributed by atoms with Crippen molar-refractivity contribution in [3.8, 4) is 0 Å². The molecule has 1 aliphatic rings. The maximum atomic E-state index is 12.6. The van der Waals surface area contributed by atoms with Crippen LogP contribution in [0.25, 0.3) is 0 Å². The molecule has 0 spiro atoms. The first-order valence-electron chi connectivity index (χ1n) is 9.90. The van der Waals surface area contributed by atoms with E-state index in [0.29, 0.717) is 0 Å². The molecule has 0 bridgehead atoms. The summed E-state index contributed by atoms with van der Waals surface area (Å²) in [4.78, 5) is 70.7. The van der Waals surface area contributed by atoms with Crippen molar-refractivity contribution in [2.75, 3.05) is 13.7 Å². The Morgan fingerprint density at radius 1 is 0.879 bits per heavy atom. The molecule has 1 saturated heterocycles. The van der Waals surface area contributed by atoms with Gasteiger partial charge in [0.15, 0.2) is 12.2 Å². The van der Waals surface area contributed by atoms with Gasteiger partial charge in [-0.15, -0.1) is 0 Å². The van der Waals surface area contributed by atoms with Crippen molar-refractivity contribution in [2.45, 2.75) is 77.7 Å². The molecule has 0 aliphatic carbocycles. The number of hydrogen-bond acceptors (Lipinski definition) is 13. The minimum atomic E-state index is -2.36. The molecule has 1 rings (SSSR count). The Morgan fingerprint density at radius 3 is 1.94 bits per heavy atom. The topological polar surface area (TPSA) is 167 Å². The van der Waals surface area contributed by atoms with Crippen LogP contribution in [0.4, 0.5) is 0 Å². The highest BCUT2D eigenvalue weighted by Gasteiger charge is 2.56. The van der Waals surface area contributed by atoms with Crippen molar-refractivity contribution < 1.29 is 61.9 Å². The van der Waals surface area contributed by atoms with Crippen molar-refractivity contribution in [2.24, 2.45) is 0 Å². The smallest absolute Gasteiger partial charge is 0.379 e. The van der Waals surface area contributed by atoms with Crippen molar-refractivity contribution in [1.82, 2.24) is 0 Å². The van der Waals surface area contributed by atoms with Crippen LogP contribution in [-0.2, 0) is 61.9 Å². The molecule has 33 heavy (non-hydrogen) atoms. The highest BCUT2D eigenvalue weighted by molar-refractivity contribution is 5.81. The summed E-state index contributed by atoms with van der Waals surface area (Å²) in [6, 6.07) is 0. The van der Waals surface area contributed by atoms with Crippen molar-refractivity contribution in [1.29, 1.82) is 0 Å². The quantitative estimate of drug-likeness (QED) is 0.321. The summed E-state index contributed by atoms with van der Waals surface area (Å²) in [5.74, 6) is -7.43. The molecule has 5 unspecified atom stereocenters. The maximum absolute atomic E-state index is 12.6. The van der Waals surface area contributed by atoms with Crippen LogP contribution in [-0.4, -0.2) is 79.7 Å². The fraction of sp³-hybridized carbons (Fsp3) is 0.700. The van der Waals surface area contributed by atoms with Gasteiger partial charge in [0.1, 0.15) is 18.8 Å². The number of rotatable bonds is 9. The van der Waals surface area contributed by atoms with Gasteiger partial charge >= 0.3 is 41.6 Å². The van der Waals surface area contributed by atoms with E-state index in [4.69, 9.17) is 33.2 Å². The van der Waals surface area contributed by atoms with Gasteiger partial charge in [-0.25, -0.2) is 4.79 Å². The molecule has 1 aliphatic heterocycles. The van der Waals surface area contributed by atoms with E-state index in [1.54, 1.807) is 0 Å². The van der Waals surface area contributed by atoms with Crippen LogP contribution >= 0.6 is 0 Å². The second-order valence-electron chi connectivity index (χ2n) is 7.19. The first kappa shape index (κ1) is 27.8. The normalized spacial score (nSPS) is 23.8. The molecule has 13 nitrogen and oxygen atoms in total. The lowest BCUT2D eigenvalue weighted by atomic mass is 9.92. The van der Waals surface area contributed by atoms with Crippen LogP contribution in [0.5, 0.6) is 0 Å². The van der Waals surface area contributed by atoms with E-state index in [2.05, 4.69) is 0 Å². The van der Waals surface area contributed by atoms with Crippen LogP contribution in [0.3, 0.4) is 0 Å². The Morgan fingerprint density at radius 2 is 1.48 bits per heavy atom. The second-order valence-corrected chi connectivity index (χ2v) is 7.19. The molecule has 0 saturated carbocycles. The summed E-state index contributed by atoms with van der Waals surface area (Å²) >= 11 is 0. The summed E-state index contributed by atoms with van der Waals surface area (Å²) in [6.45, 7) is 4.88. The zero-order valence-electron chi connectivity index (χ0n) is 19.2. The molecule has 0 aromatic rings. The molecule has 0 radical (unpaired) electrons. The third-order valence-electron chi connectivity index (χ3n) is 4.27. The Balaban J connectivity index is 3.49. The molecule has 0 amide bonds. The van der Waals surface area contributed by atoms with E-state index < -0.39 is 79.0 Å². The molecule has 0 aromatic carbocycles. The van der Waals surface area contributed by atoms with E-state index in [9.17, 15) is 28.8 Å². The summed E-state index contributed by atoms with van der Waals surface area (Å²) in [5, 5.41) is 0. The van der Waals surface area contributed by atoms with Crippen molar-refractivity contribution in [3.05, 3.63) is 0 Å². The Bertz CT molecular complexity index is 776. The van der Waals surface area contributed by atoms with Crippen LogP contribution in [0, 0.1) is 0 Å². The Kier molecular flexibility index (Phi) is 10.2. The fourth-order valence-electron chi connectivity index (χ4n) is 3.33. The van der Waals surface area contributed by atoms with E-state index >= 15 is 0 Å². The average Bonchev–Trinajstić information content (AvgIpc) is 2.66. The van der Waals surface area contributed by atoms with E-state index in [1.807, 2.05) is 0 Å². The second kappa shape index (κ2) is 12.1. The van der Waals surface area contributed by atoms with Gasteiger partial charge in [0.25, 0.3) is 0 Å². The number of carbonyl (C=O) groups excluding carboxylic acids is 6. The summed E-state index contributed by atoms with van der Waals surface area (Å²) in [7, 11) is 1.02. The van der Waals surface area contributed by atoms with Gasteiger partial charge in [0.05, 0.1) is 13.5 Å². The van der Waals surface area contributed by atoms with E-state index in [-0.39, 0.29) is 6.42 Å². The van der Waals surface area contributed by atoms with Gasteiger partial charge in [-0.2, -0.15) is 0 Å². The third-order valence-corrected chi connectivity index (χ3v) is 4.27. The maximum Gasteiger partial charge on any atom is 0.379 e. The summed E-state index contributed by atoms with van der Waals surface area (Å²) in [6.07, 6.45) is -5.78. The molecule has 5 atom stereocenters. The van der Waals surface area contributed by atoms with Crippen LogP contribution in [0.15, 0.2) is 0 Å². The van der Waals surface area contributed by atoms with Gasteiger partial charge in [0, 0.05) is 41.0 Å². The number of hydrogen-bond donors (Lipinski definition) is 0. The lowest BCUT2D eigenvalue weighted by molar-refractivity contribution is -0.298. The van der Waals surface area contributed by atoms with Crippen LogP contribution in [0.2, 0.25) is 0 Å². The van der Waals surface area contributed by atoms with Crippen molar-refractivity contribution in [3.63, 3.8) is 0 Å². The number of carbonyl (C=O) groups is 6. The Labute approximate surface area is 189 Å². The summed E-state index contributed by atoms with van der Waals surface area (Å²) < 4.78 is 36.2. The first-order chi connectivity index (χ1) is 15.3. The monoisotopic (exact) mass is 476 g/mol. The van der Waals surface area contributed by atoms with E-state index in [1.165, 1.54) is 0 Å². The lowest BCUT2D eigenvalue weighted by Gasteiger charge is -2.43. The molecule has 1 heterocycles. The standard InChI is InChI=1S/C20H28O13/c1-10(21)28-9-17(30-12(3)23)18(31-13(4)24)16-7-15(29-11(2)22)8-20(33-16,19(26)27-6)32-14(5)25/h15-18H,7-9H2,1-6H3. The molecular weight excluding hydrogens is 448 g/mol. The van der Waals surface area contributed by atoms with Gasteiger partial charge < -0.3 is 33.2 Å². The predicted octanol–water partition coefficient (Wildman–Crippen LogP) is -0.0440. The molecule has 0 aromatic heterocycles. The lowest BCUT2D eigenvalue weighted by Crippen LogP contribution is -2.60. The van der Waals surface area contributed by atoms with Gasteiger partial charge in [-0.05, 0) is 0 Å². The van der Waals surface area contributed by atoms with Crippen LogP contribution in [0.1, 0.15) is 47.5 Å². The van der Waals surface area contributed by atoms with Gasteiger partial charge in [-0.3, -0.25) is 24.0 Å². The minimum Gasteiger partial charge on any atom is -0.464 e. The van der Waals surface area contributed by atoms with Crippen molar-refractivity contribution >= 4 is 35.8 Å². The third kappa shape index (κ3) is 8.67. The molecule has 13 heteroatoms. The van der Waals surface area contributed by atoms with Gasteiger partial charge in [-0.1, -0.05) is 0 Å². The number of esters is 6. The molecule has 0 N–H and O–H groups in total. The molecule has 1 fully saturated rings. The zero-order valence-corrected chi connectivity index (χ0v) is 19.2. The highest BCUT2D eigenvalue weighted by Crippen LogP contribution is 2.36. The molecular formula is C20H28O13. The van der Waals surface area contributed by atoms with Crippen LogP contribution < -0.4 is 0 Å². The minimum absolute atomic E-state index is 0.157. The number of methoxy groups -OCH3 is 1. The van der Waals surface area contributed by atoms with E-state index in [0.717, 1.165) is 41.7 Å². The highest BCUT2D eigenvalue weighted by atomic mass is 16.8. The first-order valence-corrected chi connectivity index (χ1v) is 9.90. The zero-order chi connectivity index (χ0) is 25.3. The molecule has 186 valence electrons. The van der Waals surface area contributed by atoms with Gasteiger partial charge in [0.2, 0.25) is 0 Å². The predicted molar refractivity (Wildman–Crippen MR) is 104 cm³/mol. The SMILES string of the molecule is COC(=O)C1(OC(C)=O)CC(OC(C)=O)CC(C(OC(C)=O)C(COC(C)=O)OC(C)=O)O1. The Hall–Kier alpha value is -3.22. The fourth-order valence-corrected chi connectivity index (χ4v) is 3.33. The largest absolute Gasteiger partial charge is 0.464 e. The summed E-state index contributed by atoms with van der Waals surface area (Å²) in [5.41, 5.74) is 0.